The van der Waals surface area contributed by atoms with Crippen LogP contribution in [-0.2, 0) is 6.54 Å². The zero-order valence-corrected chi connectivity index (χ0v) is 10.5. The SMILES string of the molecule is O=[N+]([O-])c1ccc(F)cc1CNCC1CCCC1O. The summed E-state index contributed by atoms with van der Waals surface area (Å²) in [6, 6.07) is 3.44. The van der Waals surface area contributed by atoms with E-state index in [4.69, 9.17) is 0 Å². The van der Waals surface area contributed by atoms with Crippen LogP contribution in [0.3, 0.4) is 0 Å². The van der Waals surface area contributed by atoms with E-state index in [2.05, 4.69) is 5.32 Å². The van der Waals surface area contributed by atoms with Crippen molar-refractivity contribution >= 4 is 5.69 Å². The third-order valence-electron chi connectivity index (χ3n) is 3.58. The van der Waals surface area contributed by atoms with Gasteiger partial charge in [0.1, 0.15) is 5.82 Å². The van der Waals surface area contributed by atoms with Gasteiger partial charge >= 0.3 is 0 Å². The molecule has 0 radical (unpaired) electrons. The molecule has 1 aromatic rings. The number of benzene rings is 1. The number of nitrogens with zero attached hydrogens (tertiary/aromatic N) is 1. The summed E-state index contributed by atoms with van der Waals surface area (Å²) in [6.45, 7) is 0.826. The molecule has 2 atom stereocenters. The van der Waals surface area contributed by atoms with Gasteiger partial charge in [-0.05, 0) is 30.9 Å². The lowest BCUT2D eigenvalue weighted by Gasteiger charge is -2.15. The Morgan fingerprint density at radius 3 is 2.89 bits per heavy atom. The second-order valence-electron chi connectivity index (χ2n) is 4.92. The Morgan fingerprint density at radius 1 is 1.47 bits per heavy atom. The molecule has 0 spiro atoms. The highest BCUT2D eigenvalue weighted by molar-refractivity contribution is 5.40. The van der Waals surface area contributed by atoms with Crippen molar-refractivity contribution in [2.75, 3.05) is 6.54 Å². The summed E-state index contributed by atoms with van der Waals surface area (Å²) >= 11 is 0. The van der Waals surface area contributed by atoms with E-state index in [1.165, 1.54) is 12.1 Å². The smallest absolute Gasteiger partial charge is 0.274 e. The largest absolute Gasteiger partial charge is 0.393 e. The maximum atomic E-state index is 13.1. The molecule has 0 aliphatic heterocycles. The summed E-state index contributed by atoms with van der Waals surface area (Å²) in [5.74, 6) is -0.295. The summed E-state index contributed by atoms with van der Waals surface area (Å²) < 4.78 is 13.1. The van der Waals surface area contributed by atoms with Crippen molar-refractivity contribution in [1.82, 2.24) is 5.32 Å². The van der Waals surface area contributed by atoms with E-state index in [1.807, 2.05) is 0 Å². The van der Waals surface area contributed by atoms with Crippen LogP contribution in [0.2, 0.25) is 0 Å². The van der Waals surface area contributed by atoms with Crippen LogP contribution >= 0.6 is 0 Å². The summed E-state index contributed by atoms with van der Waals surface area (Å²) in [4.78, 5) is 10.3. The molecule has 5 nitrogen and oxygen atoms in total. The van der Waals surface area contributed by atoms with E-state index in [0.29, 0.717) is 12.1 Å². The molecule has 0 amide bonds. The van der Waals surface area contributed by atoms with Crippen LogP contribution in [0.1, 0.15) is 24.8 Å². The van der Waals surface area contributed by atoms with Gasteiger partial charge in [-0.2, -0.15) is 0 Å². The number of nitro benzene ring substituents is 1. The highest BCUT2D eigenvalue weighted by Crippen LogP contribution is 2.25. The molecular weight excluding hydrogens is 251 g/mol. The Balaban J connectivity index is 1.95. The van der Waals surface area contributed by atoms with Crippen LogP contribution in [0, 0.1) is 21.8 Å². The topological polar surface area (TPSA) is 75.4 Å². The minimum absolute atomic E-state index is 0.0825. The second kappa shape index (κ2) is 6.08. The molecule has 1 aliphatic carbocycles. The number of hydrogen-bond donors (Lipinski definition) is 2. The van der Waals surface area contributed by atoms with Crippen LogP contribution in [0.4, 0.5) is 10.1 Å². The van der Waals surface area contributed by atoms with E-state index in [1.54, 1.807) is 0 Å². The Hall–Kier alpha value is -1.53. The van der Waals surface area contributed by atoms with Crippen LogP contribution in [0.15, 0.2) is 18.2 Å². The normalized spacial score (nSPS) is 22.6. The van der Waals surface area contributed by atoms with Crippen LogP contribution in [0.5, 0.6) is 0 Å². The van der Waals surface area contributed by atoms with E-state index in [-0.39, 0.29) is 24.3 Å². The molecule has 19 heavy (non-hydrogen) atoms. The Kier molecular flexibility index (Phi) is 4.44. The Labute approximate surface area is 110 Å². The number of nitro groups is 1. The quantitative estimate of drug-likeness (QED) is 0.632. The second-order valence-corrected chi connectivity index (χ2v) is 4.92. The molecule has 0 aromatic heterocycles. The van der Waals surface area contributed by atoms with Gasteiger partial charge in [0.15, 0.2) is 0 Å². The minimum Gasteiger partial charge on any atom is -0.393 e. The first-order chi connectivity index (χ1) is 9.08. The number of nitrogens with one attached hydrogen (secondary N) is 1. The molecule has 6 heteroatoms. The summed E-state index contributed by atoms with van der Waals surface area (Å²) in [5.41, 5.74) is 0.248. The highest BCUT2D eigenvalue weighted by Gasteiger charge is 2.24. The molecule has 2 N–H and O–H groups in total. The highest BCUT2D eigenvalue weighted by atomic mass is 19.1. The van der Waals surface area contributed by atoms with Gasteiger partial charge in [0.2, 0.25) is 0 Å². The van der Waals surface area contributed by atoms with Crippen molar-refractivity contribution in [2.45, 2.75) is 31.9 Å². The van der Waals surface area contributed by atoms with E-state index in [0.717, 1.165) is 25.3 Å². The predicted octanol–water partition coefficient (Wildman–Crippen LogP) is 1.98. The lowest BCUT2D eigenvalue weighted by Crippen LogP contribution is -2.27. The van der Waals surface area contributed by atoms with Gasteiger partial charge in [-0.3, -0.25) is 10.1 Å². The Bertz CT molecular complexity index is 467. The van der Waals surface area contributed by atoms with Gasteiger partial charge in [-0.15, -0.1) is 0 Å². The first-order valence-electron chi connectivity index (χ1n) is 6.39. The van der Waals surface area contributed by atoms with Crippen molar-refractivity contribution in [2.24, 2.45) is 5.92 Å². The van der Waals surface area contributed by atoms with Crippen molar-refractivity contribution in [3.05, 3.63) is 39.7 Å². The fourth-order valence-electron chi connectivity index (χ4n) is 2.52. The predicted molar refractivity (Wildman–Crippen MR) is 68.1 cm³/mol. The van der Waals surface area contributed by atoms with Gasteiger partial charge in [0, 0.05) is 24.7 Å². The van der Waals surface area contributed by atoms with Gasteiger partial charge in [0.05, 0.1) is 11.0 Å². The summed E-state index contributed by atoms with van der Waals surface area (Å²) in [6.07, 6.45) is 2.48. The molecular formula is C13H17FN2O3. The third kappa shape index (κ3) is 3.48. The lowest BCUT2D eigenvalue weighted by atomic mass is 10.1. The monoisotopic (exact) mass is 268 g/mol. The van der Waals surface area contributed by atoms with Gasteiger partial charge in [0.25, 0.3) is 5.69 Å². The molecule has 1 saturated carbocycles. The van der Waals surface area contributed by atoms with E-state index in [9.17, 15) is 19.6 Å². The number of aliphatic hydroxyl groups excluding tert-OH is 1. The molecule has 104 valence electrons. The summed E-state index contributed by atoms with van der Waals surface area (Å²) in [7, 11) is 0. The standard InChI is InChI=1S/C13H17FN2O3/c14-11-4-5-12(16(18)19)10(6-11)8-15-7-9-2-1-3-13(9)17/h4-6,9,13,15,17H,1-3,7-8H2. The van der Waals surface area contributed by atoms with Crippen LogP contribution in [0.25, 0.3) is 0 Å². The number of aliphatic hydroxyl groups is 1. The maximum Gasteiger partial charge on any atom is 0.274 e. The molecule has 0 bridgehead atoms. The molecule has 2 unspecified atom stereocenters. The average Bonchev–Trinajstić information content (AvgIpc) is 2.75. The zero-order chi connectivity index (χ0) is 13.8. The molecule has 0 heterocycles. The first-order valence-corrected chi connectivity index (χ1v) is 6.39. The van der Waals surface area contributed by atoms with Crippen LogP contribution in [-0.4, -0.2) is 22.7 Å². The Morgan fingerprint density at radius 2 is 2.26 bits per heavy atom. The first kappa shape index (κ1) is 13.9. The van der Waals surface area contributed by atoms with Crippen LogP contribution < -0.4 is 5.32 Å². The van der Waals surface area contributed by atoms with Gasteiger partial charge in [-0.1, -0.05) is 6.42 Å². The van der Waals surface area contributed by atoms with Crippen molar-refractivity contribution in [3.63, 3.8) is 0 Å². The minimum atomic E-state index is -0.513. The fourth-order valence-corrected chi connectivity index (χ4v) is 2.52. The van der Waals surface area contributed by atoms with Gasteiger partial charge < -0.3 is 10.4 Å². The molecule has 2 rings (SSSR count). The summed E-state index contributed by atoms with van der Waals surface area (Å²) in [5, 5.41) is 23.6. The maximum absolute atomic E-state index is 13.1. The number of halogens is 1. The van der Waals surface area contributed by atoms with E-state index < -0.39 is 10.7 Å². The van der Waals surface area contributed by atoms with Crippen molar-refractivity contribution in [1.29, 1.82) is 0 Å². The molecule has 1 aliphatic rings. The van der Waals surface area contributed by atoms with Crippen molar-refractivity contribution < 1.29 is 14.4 Å². The van der Waals surface area contributed by atoms with Crippen molar-refractivity contribution in [3.8, 4) is 0 Å². The number of hydrogen-bond acceptors (Lipinski definition) is 4. The molecule has 0 saturated heterocycles. The lowest BCUT2D eigenvalue weighted by molar-refractivity contribution is -0.385. The van der Waals surface area contributed by atoms with E-state index >= 15 is 0 Å². The number of rotatable bonds is 5. The van der Waals surface area contributed by atoms with Gasteiger partial charge in [-0.25, -0.2) is 4.39 Å². The third-order valence-corrected chi connectivity index (χ3v) is 3.58. The zero-order valence-electron chi connectivity index (χ0n) is 10.5. The fraction of sp³-hybridized carbons (Fsp3) is 0.538. The molecule has 1 aromatic carbocycles. The average molecular weight is 268 g/mol. The molecule has 1 fully saturated rings.